The van der Waals surface area contributed by atoms with Gasteiger partial charge in [0.1, 0.15) is 11.5 Å². The summed E-state index contributed by atoms with van der Waals surface area (Å²) in [6.07, 6.45) is 3.65. The van der Waals surface area contributed by atoms with E-state index in [2.05, 4.69) is 24.1 Å². The van der Waals surface area contributed by atoms with Gasteiger partial charge in [-0.1, -0.05) is 31.5 Å². The van der Waals surface area contributed by atoms with Crippen molar-refractivity contribution in [3.8, 4) is 17.4 Å². The molecule has 0 saturated heterocycles. The number of nitrogens with zero attached hydrogens (tertiary/aromatic N) is 1. The van der Waals surface area contributed by atoms with Crippen molar-refractivity contribution in [2.24, 2.45) is 0 Å². The van der Waals surface area contributed by atoms with E-state index in [4.69, 9.17) is 21.1 Å². The number of hydrogen-bond acceptors (Lipinski definition) is 5. The lowest BCUT2D eigenvalue weighted by molar-refractivity contribution is -0.115. The molecule has 2 N–H and O–H groups in total. The monoisotopic (exact) mass is 468 g/mol. The molecule has 0 saturated carbocycles. The van der Waals surface area contributed by atoms with Gasteiger partial charge in [0.25, 0.3) is 0 Å². The van der Waals surface area contributed by atoms with E-state index < -0.39 is 5.97 Å². The fourth-order valence-electron chi connectivity index (χ4n) is 3.11. The highest BCUT2D eigenvalue weighted by molar-refractivity contribution is 6.31. The zero-order valence-corrected chi connectivity index (χ0v) is 19.1. The fraction of sp³-hybridized carbons (Fsp3) is 0.240. The topological polar surface area (TPSA) is 97.8 Å². The Balaban J connectivity index is 1.57. The number of carbonyl (C=O) groups excluding carboxylic acids is 1. The largest absolute Gasteiger partial charge is 0.490 e. The van der Waals surface area contributed by atoms with E-state index in [-0.39, 0.29) is 34.7 Å². The number of rotatable bonds is 10. The van der Waals surface area contributed by atoms with Crippen LogP contribution < -0.4 is 14.8 Å². The second-order valence-electron chi connectivity index (χ2n) is 7.35. The summed E-state index contributed by atoms with van der Waals surface area (Å²) in [5.41, 5.74) is 0.759. The van der Waals surface area contributed by atoms with Gasteiger partial charge < -0.3 is 19.9 Å². The number of aromatic carboxylic acids is 1. The predicted octanol–water partition coefficient (Wildman–Crippen LogP) is 5.97. The highest BCUT2D eigenvalue weighted by Gasteiger charge is 2.14. The van der Waals surface area contributed by atoms with Crippen molar-refractivity contribution < 1.29 is 24.2 Å². The molecule has 0 aliphatic carbocycles. The number of carbonyl (C=O) groups is 2. The van der Waals surface area contributed by atoms with Crippen molar-refractivity contribution >= 4 is 29.2 Å². The number of ether oxygens (including phenoxy) is 2. The third-order valence-electron chi connectivity index (χ3n) is 4.91. The van der Waals surface area contributed by atoms with Gasteiger partial charge in [-0.05, 0) is 60.9 Å². The lowest BCUT2D eigenvalue weighted by atomic mass is 10.1. The summed E-state index contributed by atoms with van der Waals surface area (Å²) < 4.78 is 11.6. The maximum atomic E-state index is 12.4. The van der Waals surface area contributed by atoms with Crippen molar-refractivity contribution in [3.63, 3.8) is 0 Å². The SMILES string of the molecule is CCC(CC)Oc1ccc(Oc2ccc(CC(=O)Nc3ccc(Cl)cc3C(=O)O)cn2)cc1. The summed E-state index contributed by atoms with van der Waals surface area (Å²) >= 11 is 5.84. The van der Waals surface area contributed by atoms with Gasteiger partial charge in [-0.3, -0.25) is 4.79 Å². The van der Waals surface area contributed by atoms with Gasteiger partial charge in [0.05, 0.1) is 23.8 Å². The normalized spacial score (nSPS) is 10.7. The van der Waals surface area contributed by atoms with Crippen molar-refractivity contribution in [2.45, 2.75) is 39.2 Å². The molecule has 0 bridgehead atoms. The van der Waals surface area contributed by atoms with E-state index in [0.717, 1.165) is 18.6 Å². The van der Waals surface area contributed by atoms with Crippen molar-refractivity contribution in [1.82, 2.24) is 4.98 Å². The van der Waals surface area contributed by atoms with E-state index >= 15 is 0 Å². The summed E-state index contributed by atoms with van der Waals surface area (Å²) in [5.74, 6) is 0.249. The molecule has 1 heterocycles. The fourth-order valence-corrected chi connectivity index (χ4v) is 3.28. The van der Waals surface area contributed by atoms with Gasteiger partial charge in [-0.2, -0.15) is 0 Å². The molecule has 3 rings (SSSR count). The van der Waals surface area contributed by atoms with E-state index in [9.17, 15) is 14.7 Å². The molecule has 2 aromatic carbocycles. The van der Waals surface area contributed by atoms with Gasteiger partial charge in [0, 0.05) is 17.3 Å². The van der Waals surface area contributed by atoms with Gasteiger partial charge in [0.2, 0.25) is 11.8 Å². The molecule has 0 unspecified atom stereocenters. The third-order valence-corrected chi connectivity index (χ3v) is 5.14. The molecule has 8 heteroatoms. The van der Waals surface area contributed by atoms with E-state index in [1.807, 2.05) is 24.3 Å². The van der Waals surface area contributed by atoms with E-state index in [1.54, 1.807) is 18.3 Å². The van der Waals surface area contributed by atoms with Crippen LogP contribution in [0.3, 0.4) is 0 Å². The molecule has 3 aromatic rings. The van der Waals surface area contributed by atoms with Crippen LogP contribution in [0, 0.1) is 0 Å². The van der Waals surface area contributed by atoms with Crippen LogP contribution in [-0.4, -0.2) is 28.1 Å². The number of amides is 1. The van der Waals surface area contributed by atoms with Gasteiger partial charge in [-0.15, -0.1) is 0 Å². The molecule has 0 fully saturated rings. The molecule has 172 valence electrons. The molecule has 33 heavy (non-hydrogen) atoms. The summed E-state index contributed by atoms with van der Waals surface area (Å²) in [5, 5.41) is 12.2. The number of benzene rings is 2. The molecular formula is C25H25ClN2O5. The smallest absolute Gasteiger partial charge is 0.337 e. The number of carboxylic acid groups (broad SMARTS) is 1. The second-order valence-corrected chi connectivity index (χ2v) is 7.79. The van der Waals surface area contributed by atoms with Crippen LogP contribution >= 0.6 is 11.6 Å². The number of aromatic nitrogens is 1. The summed E-state index contributed by atoms with van der Waals surface area (Å²) in [6, 6.07) is 15.0. The number of pyridine rings is 1. The first-order valence-electron chi connectivity index (χ1n) is 10.6. The van der Waals surface area contributed by atoms with Crippen LogP contribution in [0.1, 0.15) is 42.6 Å². The molecule has 0 aliphatic rings. The lowest BCUT2D eigenvalue weighted by Gasteiger charge is -2.15. The molecule has 0 aliphatic heterocycles. The zero-order valence-electron chi connectivity index (χ0n) is 18.4. The Morgan fingerprint density at radius 2 is 1.73 bits per heavy atom. The van der Waals surface area contributed by atoms with E-state index in [1.165, 1.54) is 18.2 Å². The maximum absolute atomic E-state index is 12.4. The first kappa shape index (κ1) is 24.1. The first-order valence-corrected chi connectivity index (χ1v) is 11.0. The molecule has 0 radical (unpaired) electrons. The Morgan fingerprint density at radius 1 is 1.03 bits per heavy atom. The Kier molecular flexibility index (Phi) is 8.27. The Morgan fingerprint density at radius 3 is 2.33 bits per heavy atom. The Bertz CT molecular complexity index is 1100. The number of hydrogen-bond donors (Lipinski definition) is 2. The predicted molar refractivity (Wildman–Crippen MR) is 126 cm³/mol. The van der Waals surface area contributed by atoms with Crippen LogP contribution in [0.25, 0.3) is 0 Å². The quantitative estimate of drug-likeness (QED) is 0.380. The summed E-state index contributed by atoms with van der Waals surface area (Å²) in [4.78, 5) is 28.0. The standard InChI is InChI=1S/C25H25ClN2O5/c1-3-18(4-2)32-19-7-9-20(10-8-19)33-24-12-5-16(15-27-24)13-23(29)28-22-11-6-17(26)14-21(22)25(30)31/h5-12,14-15,18H,3-4,13H2,1-2H3,(H,28,29)(H,30,31). The zero-order chi connectivity index (χ0) is 23.8. The van der Waals surface area contributed by atoms with Crippen LogP contribution in [-0.2, 0) is 11.2 Å². The second kappa shape index (κ2) is 11.3. The highest BCUT2D eigenvalue weighted by atomic mass is 35.5. The molecule has 7 nitrogen and oxygen atoms in total. The number of nitrogens with one attached hydrogen (secondary N) is 1. The molecule has 1 aromatic heterocycles. The van der Waals surface area contributed by atoms with Crippen LogP contribution in [0.4, 0.5) is 5.69 Å². The summed E-state index contributed by atoms with van der Waals surface area (Å²) in [6.45, 7) is 4.19. The van der Waals surface area contributed by atoms with Crippen molar-refractivity contribution in [1.29, 1.82) is 0 Å². The average Bonchev–Trinajstić information content (AvgIpc) is 2.81. The van der Waals surface area contributed by atoms with Crippen LogP contribution in [0.5, 0.6) is 17.4 Å². The summed E-state index contributed by atoms with van der Waals surface area (Å²) in [7, 11) is 0. The highest BCUT2D eigenvalue weighted by Crippen LogP contribution is 2.24. The minimum absolute atomic E-state index is 0.0248. The Hall–Kier alpha value is -3.58. The van der Waals surface area contributed by atoms with Gasteiger partial charge in [-0.25, -0.2) is 9.78 Å². The molecule has 0 atom stereocenters. The van der Waals surface area contributed by atoms with Crippen molar-refractivity contribution in [2.75, 3.05) is 5.32 Å². The average molecular weight is 469 g/mol. The molecule has 0 spiro atoms. The first-order chi connectivity index (χ1) is 15.9. The number of halogens is 1. The molecule has 1 amide bonds. The van der Waals surface area contributed by atoms with E-state index in [0.29, 0.717) is 17.2 Å². The van der Waals surface area contributed by atoms with Crippen LogP contribution in [0.2, 0.25) is 5.02 Å². The van der Waals surface area contributed by atoms with Gasteiger partial charge in [0.15, 0.2) is 0 Å². The lowest BCUT2D eigenvalue weighted by Crippen LogP contribution is -2.17. The Labute approximate surface area is 197 Å². The minimum atomic E-state index is -1.17. The number of carboxylic acids is 1. The third kappa shape index (κ3) is 6.95. The molecular weight excluding hydrogens is 444 g/mol. The maximum Gasteiger partial charge on any atom is 0.337 e. The van der Waals surface area contributed by atoms with Crippen LogP contribution in [0.15, 0.2) is 60.8 Å². The number of anilines is 1. The van der Waals surface area contributed by atoms with Crippen molar-refractivity contribution in [3.05, 3.63) is 76.9 Å². The van der Waals surface area contributed by atoms with Gasteiger partial charge >= 0.3 is 5.97 Å². The minimum Gasteiger partial charge on any atom is -0.490 e.